The maximum atomic E-state index is 5.19. The standard InChI is InChI=1S/C7H17N3O2/c1-3-11-5-6(12-4-2)10-7(8)9/h6H,3-5H2,1-2H3,(H4,8,9,10). The molecule has 12 heavy (non-hydrogen) atoms. The molecule has 0 fully saturated rings. The topological polar surface area (TPSA) is 82.9 Å². The van der Waals surface area contributed by atoms with E-state index in [2.05, 4.69) is 4.99 Å². The normalized spacial score (nSPS) is 12.5. The smallest absolute Gasteiger partial charge is 0.188 e. The lowest BCUT2D eigenvalue weighted by atomic mass is 10.6. The van der Waals surface area contributed by atoms with Gasteiger partial charge in [0, 0.05) is 13.2 Å². The Kier molecular flexibility index (Phi) is 6.41. The van der Waals surface area contributed by atoms with Crippen LogP contribution in [0.15, 0.2) is 4.99 Å². The zero-order chi connectivity index (χ0) is 9.40. The van der Waals surface area contributed by atoms with Crippen LogP contribution in [0.3, 0.4) is 0 Å². The van der Waals surface area contributed by atoms with Gasteiger partial charge < -0.3 is 20.9 Å². The van der Waals surface area contributed by atoms with Crippen LogP contribution in [-0.4, -0.2) is 32.0 Å². The summed E-state index contributed by atoms with van der Waals surface area (Å²) in [6, 6.07) is 0. The zero-order valence-electron chi connectivity index (χ0n) is 7.62. The van der Waals surface area contributed by atoms with Crippen molar-refractivity contribution in [1.82, 2.24) is 0 Å². The summed E-state index contributed by atoms with van der Waals surface area (Å²) in [5, 5.41) is 0. The summed E-state index contributed by atoms with van der Waals surface area (Å²) in [6.45, 7) is 5.36. The first kappa shape index (κ1) is 11.2. The van der Waals surface area contributed by atoms with Crippen LogP contribution in [-0.2, 0) is 9.47 Å². The molecule has 0 aromatic heterocycles. The fourth-order valence-corrected chi connectivity index (χ4v) is 0.700. The third-order valence-electron chi connectivity index (χ3n) is 1.12. The molecule has 0 heterocycles. The first-order valence-electron chi connectivity index (χ1n) is 3.98. The van der Waals surface area contributed by atoms with Crippen molar-refractivity contribution >= 4 is 5.96 Å². The number of rotatable bonds is 6. The molecule has 4 N–H and O–H groups in total. The van der Waals surface area contributed by atoms with E-state index in [9.17, 15) is 0 Å². The van der Waals surface area contributed by atoms with E-state index in [0.717, 1.165) is 0 Å². The third kappa shape index (κ3) is 5.94. The summed E-state index contributed by atoms with van der Waals surface area (Å²) >= 11 is 0. The van der Waals surface area contributed by atoms with Gasteiger partial charge in [-0.1, -0.05) is 0 Å². The molecular weight excluding hydrogens is 158 g/mol. The molecule has 5 nitrogen and oxygen atoms in total. The molecule has 0 saturated heterocycles. The van der Waals surface area contributed by atoms with E-state index in [1.807, 2.05) is 13.8 Å². The summed E-state index contributed by atoms with van der Waals surface area (Å²) in [7, 11) is 0. The Labute approximate surface area is 72.7 Å². The second-order valence-corrected chi connectivity index (χ2v) is 2.12. The summed E-state index contributed by atoms with van der Waals surface area (Å²) in [6.07, 6.45) is -0.375. The molecule has 1 atom stereocenters. The molecule has 1 unspecified atom stereocenters. The average molecular weight is 175 g/mol. The van der Waals surface area contributed by atoms with Crippen molar-refractivity contribution in [3.05, 3.63) is 0 Å². The second-order valence-electron chi connectivity index (χ2n) is 2.12. The van der Waals surface area contributed by atoms with Gasteiger partial charge in [-0.15, -0.1) is 0 Å². The van der Waals surface area contributed by atoms with Crippen molar-refractivity contribution in [3.8, 4) is 0 Å². The van der Waals surface area contributed by atoms with Crippen molar-refractivity contribution in [2.75, 3.05) is 19.8 Å². The van der Waals surface area contributed by atoms with Crippen LogP contribution in [0.5, 0.6) is 0 Å². The van der Waals surface area contributed by atoms with Gasteiger partial charge in [0.2, 0.25) is 0 Å². The van der Waals surface area contributed by atoms with Gasteiger partial charge in [-0.05, 0) is 13.8 Å². The van der Waals surface area contributed by atoms with E-state index in [4.69, 9.17) is 20.9 Å². The molecule has 0 aliphatic carbocycles. The Morgan fingerprint density at radius 1 is 1.33 bits per heavy atom. The highest BCUT2D eigenvalue weighted by Crippen LogP contribution is 1.94. The van der Waals surface area contributed by atoms with Gasteiger partial charge >= 0.3 is 0 Å². The summed E-state index contributed by atoms with van der Waals surface area (Å²) in [4.78, 5) is 3.83. The zero-order valence-corrected chi connectivity index (χ0v) is 7.62. The highest BCUT2D eigenvalue weighted by molar-refractivity contribution is 5.75. The lowest BCUT2D eigenvalue weighted by Gasteiger charge is -2.11. The Balaban J connectivity index is 3.78. The number of hydrogen-bond acceptors (Lipinski definition) is 3. The van der Waals surface area contributed by atoms with Crippen LogP contribution in [0.25, 0.3) is 0 Å². The summed E-state index contributed by atoms with van der Waals surface area (Å²) in [5.41, 5.74) is 10.4. The molecule has 0 bridgehead atoms. The van der Waals surface area contributed by atoms with Gasteiger partial charge in [0.1, 0.15) is 0 Å². The van der Waals surface area contributed by atoms with Gasteiger partial charge in [-0.2, -0.15) is 0 Å². The predicted octanol–water partition coefficient (Wildman–Crippen LogP) is -0.341. The predicted molar refractivity (Wildman–Crippen MR) is 47.7 cm³/mol. The number of hydrogen-bond donors (Lipinski definition) is 2. The van der Waals surface area contributed by atoms with Crippen LogP contribution >= 0.6 is 0 Å². The van der Waals surface area contributed by atoms with Gasteiger partial charge in [-0.25, -0.2) is 4.99 Å². The lowest BCUT2D eigenvalue weighted by Crippen LogP contribution is -2.28. The number of aliphatic imine (C=N–C) groups is 1. The van der Waals surface area contributed by atoms with Crippen molar-refractivity contribution in [2.24, 2.45) is 16.5 Å². The Hall–Kier alpha value is -0.810. The molecular formula is C7H17N3O2. The minimum atomic E-state index is -0.375. The second kappa shape index (κ2) is 6.87. The summed E-state index contributed by atoms with van der Waals surface area (Å²) < 4.78 is 10.3. The van der Waals surface area contributed by atoms with Crippen LogP contribution < -0.4 is 11.5 Å². The average Bonchev–Trinajstić information content (AvgIpc) is 2.00. The van der Waals surface area contributed by atoms with E-state index < -0.39 is 0 Å². The largest absolute Gasteiger partial charge is 0.377 e. The highest BCUT2D eigenvalue weighted by Gasteiger charge is 2.05. The van der Waals surface area contributed by atoms with Crippen LogP contribution in [0, 0.1) is 0 Å². The molecule has 0 aliphatic rings. The number of ether oxygens (including phenoxy) is 2. The number of nitrogens with two attached hydrogens (primary N) is 2. The van der Waals surface area contributed by atoms with E-state index in [1.54, 1.807) is 0 Å². The van der Waals surface area contributed by atoms with Gasteiger partial charge in [0.15, 0.2) is 12.2 Å². The van der Waals surface area contributed by atoms with E-state index >= 15 is 0 Å². The van der Waals surface area contributed by atoms with Crippen molar-refractivity contribution in [3.63, 3.8) is 0 Å². The lowest BCUT2D eigenvalue weighted by molar-refractivity contribution is -0.00315. The summed E-state index contributed by atoms with van der Waals surface area (Å²) in [5.74, 6) is 0.0214. The van der Waals surface area contributed by atoms with Crippen molar-refractivity contribution < 1.29 is 9.47 Å². The monoisotopic (exact) mass is 175 g/mol. The van der Waals surface area contributed by atoms with Crippen LogP contribution in [0.1, 0.15) is 13.8 Å². The fourth-order valence-electron chi connectivity index (χ4n) is 0.700. The van der Waals surface area contributed by atoms with E-state index in [0.29, 0.717) is 19.8 Å². The maximum absolute atomic E-state index is 5.19. The Bertz CT molecular complexity index is 135. The quantitative estimate of drug-likeness (QED) is 0.427. The molecule has 0 aliphatic heterocycles. The highest BCUT2D eigenvalue weighted by atomic mass is 16.5. The van der Waals surface area contributed by atoms with Crippen molar-refractivity contribution in [1.29, 1.82) is 0 Å². The molecule has 5 heteroatoms. The molecule has 72 valence electrons. The molecule has 0 rings (SSSR count). The molecule has 0 amide bonds. The van der Waals surface area contributed by atoms with Gasteiger partial charge in [-0.3, -0.25) is 0 Å². The molecule has 0 radical (unpaired) electrons. The number of guanidine groups is 1. The minimum absolute atomic E-state index is 0.0214. The molecule has 0 aromatic rings. The van der Waals surface area contributed by atoms with E-state index in [1.165, 1.54) is 0 Å². The fraction of sp³-hybridized carbons (Fsp3) is 0.857. The van der Waals surface area contributed by atoms with Crippen LogP contribution in [0.2, 0.25) is 0 Å². The first-order valence-corrected chi connectivity index (χ1v) is 3.98. The van der Waals surface area contributed by atoms with E-state index in [-0.39, 0.29) is 12.2 Å². The number of nitrogens with zero attached hydrogens (tertiary/aromatic N) is 1. The first-order chi connectivity index (χ1) is 5.70. The Morgan fingerprint density at radius 2 is 2.00 bits per heavy atom. The third-order valence-corrected chi connectivity index (χ3v) is 1.12. The van der Waals surface area contributed by atoms with Gasteiger partial charge in [0.05, 0.1) is 6.61 Å². The SMILES string of the molecule is CCOCC(N=C(N)N)OCC. The minimum Gasteiger partial charge on any atom is -0.377 e. The van der Waals surface area contributed by atoms with Gasteiger partial charge in [0.25, 0.3) is 0 Å². The Morgan fingerprint density at radius 3 is 2.42 bits per heavy atom. The molecule has 0 saturated carbocycles. The maximum Gasteiger partial charge on any atom is 0.188 e. The van der Waals surface area contributed by atoms with Crippen LogP contribution in [0.4, 0.5) is 0 Å². The molecule has 0 spiro atoms. The molecule has 0 aromatic carbocycles. The van der Waals surface area contributed by atoms with Crippen molar-refractivity contribution in [2.45, 2.75) is 20.1 Å².